The molecule has 0 amide bonds. The van der Waals surface area contributed by atoms with Crippen LogP contribution in [0.1, 0.15) is 32.8 Å². The summed E-state index contributed by atoms with van der Waals surface area (Å²) in [6.07, 6.45) is 0.764. The van der Waals surface area contributed by atoms with E-state index in [-0.39, 0.29) is 12.0 Å². The monoisotopic (exact) mass is 207 g/mol. The smallest absolute Gasteiger partial charge is 0.0608 e. The van der Waals surface area contributed by atoms with Crippen LogP contribution in [0.15, 0.2) is 30.3 Å². The minimum absolute atomic E-state index is 0.00646. The minimum Gasteiger partial charge on any atom is -0.394 e. The lowest BCUT2D eigenvalue weighted by atomic mass is 9.75. The van der Waals surface area contributed by atoms with Gasteiger partial charge < -0.3 is 10.8 Å². The zero-order chi connectivity index (χ0) is 11.5. The first-order chi connectivity index (χ1) is 6.87. The molecule has 0 spiro atoms. The van der Waals surface area contributed by atoms with Gasteiger partial charge in [-0.15, -0.1) is 0 Å². The minimum atomic E-state index is -0.515. The second-order valence-electron chi connectivity index (χ2n) is 5.24. The van der Waals surface area contributed by atoms with Gasteiger partial charge in [0.05, 0.1) is 6.61 Å². The normalized spacial score (nSPS) is 16.1. The van der Waals surface area contributed by atoms with Crippen LogP contribution in [0.3, 0.4) is 0 Å². The fourth-order valence-electron chi connectivity index (χ4n) is 2.06. The van der Waals surface area contributed by atoms with Crippen molar-refractivity contribution in [1.29, 1.82) is 0 Å². The molecule has 0 aliphatic carbocycles. The average molecular weight is 207 g/mol. The van der Waals surface area contributed by atoms with Crippen LogP contribution >= 0.6 is 0 Å². The van der Waals surface area contributed by atoms with E-state index in [2.05, 4.69) is 26.0 Å². The maximum atomic E-state index is 9.18. The quantitative estimate of drug-likeness (QED) is 0.794. The van der Waals surface area contributed by atoms with Crippen molar-refractivity contribution in [2.45, 2.75) is 38.1 Å². The van der Waals surface area contributed by atoms with E-state index in [0.29, 0.717) is 0 Å². The van der Waals surface area contributed by atoms with Crippen molar-refractivity contribution >= 4 is 0 Å². The van der Waals surface area contributed by atoms with Crippen molar-refractivity contribution in [3.8, 4) is 0 Å². The zero-order valence-corrected chi connectivity index (χ0v) is 9.83. The standard InChI is InChI=1S/C13H21NO/c1-12(2,9-13(3,14)10-15)11-7-5-4-6-8-11/h4-8,15H,9-10,14H2,1-3H3. The fraction of sp³-hybridized carbons (Fsp3) is 0.538. The maximum absolute atomic E-state index is 9.18. The lowest BCUT2D eigenvalue weighted by Gasteiger charge is -2.34. The number of hydrogen-bond acceptors (Lipinski definition) is 2. The van der Waals surface area contributed by atoms with Crippen LogP contribution in [0.4, 0.5) is 0 Å². The molecule has 0 saturated carbocycles. The lowest BCUT2D eigenvalue weighted by molar-refractivity contribution is 0.178. The van der Waals surface area contributed by atoms with Gasteiger partial charge in [-0.2, -0.15) is 0 Å². The van der Waals surface area contributed by atoms with Gasteiger partial charge in [-0.05, 0) is 24.3 Å². The summed E-state index contributed by atoms with van der Waals surface area (Å²) in [5.41, 5.74) is 6.73. The van der Waals surface area contributed by atoms with Crippen molar-refractivity contribution in [1.82, 2.24) is 0 Å². The molecular weight excluding hydrogens is 186 g/mol. The Kier molecular flexibility index (Phi) is 3.53. The van der Waals surface area contributed by atoms with Gasteiger partial charge in [-0.1, -0.05) is 44.2 Å². The van der Waals surface area contributed by atoms with Crippen LogP contribution in [-0.4, -0.2) is 17.3 Å². The summed E-state index contributed by atoms with van der Waals surface area (Å²) >= 11 is 0. The van der Waals surface area contributed by atoms with E-state index in [1.165, 1.54) is 5.56 Å². The number of hydrogen-bond donors (Lipinski definition) is 2. The van der Waals surface area contributed by atoms with Gasteiger partial charge >= 0.3 is 0 Å². The summed E-state index contributed by atoms with van der Waals surface area (Å²) in [7, 11) is 0. The predicted octanol–water partition coefficient (Wildman–Crippen LogP) is 2.06. The third-order valence-electron chi connectivity index (χ3n) is 2.76. The molecule has 1 aromatic rings. The van der Waals surface area contributed by atoms with Crippen molar-refractivity contribution in [2.24, 2.45) is 5.73 Å². The molecule has 0 radical (unpaired) electrons. The number of nitrogens with two attached hydrogens (primary N) is 1. The third kappa shape index (κ3) is 3.33. The first kappa shape index (κ1) is 12.2. The molecule has 3 N–H and O–H groups in total. The van der Waals surface area contributed by atoms with Gasteiger partial charge in [0.25, 0.3) is 0 Å². The molecule has 1 aromatic carbocycles. The lowest BCUT2D eigenvalue weighted by Crippen LogP contribution is -2.45. The fourth-order valence-corrected chi connectivity index (χ4v) is 2.06. The van der Waals surface area contributed by atoms with E-state index in [1.54, 1.807) is 0 Å². The number of aliphatic hydroxyl groups excluding tert-OH is 1. The number of aliphatic hydroxyl groups is 1. The predicted molar refractivity (Wildman–Crippen MR) is 63.8 cm³/mol. The Hall–Kier alpha value is -0.860. The molecule has 0 bridgehead atoms. The van der Waals surface area contributed by atoms with E-state index >= 15 is 0 Å². The third-order valence-corrected chi connectivity index (χ3v) is 2.76. The van der Waals surface area contributed by atoms with Crippen LogP contribution in [0.2, 0.25) is 0 Å². The van der Waals surface area contributed by atoms with Crippen LogP contribution in [0.5, 0.6) is 0 Å². The largest absolute Gasteiger partial charge is 0.394 e. The van der Waals surface area contributed by atoms with Crippen LogP contribution in [0.25, 0.3) is 0 Å². The van der Waals surface area contributed by atoms with Crippen LogP contribution < -0.4 is 5.73 Å². The topological polar surface area (TPSA) is 46.2 Å². The van der Waals surface area contributed by atoms with Gasteiger partial charge in [-0.3, -0.25) is 0 Å². The van der Waals surface area contributed by atoms with E-state index in [9.17, 15) is 5.11 Å². The Morgan fingerprint density at radius 3 is 2.13 bits per heavy atom. The summed E-state index contributed by atoms with van der Waals surface area (Å²) in [5, 5.41) is 9.18. The average Bonchev–Trinajstić information content (AvgIpc) is 2.18. The van der Waals surface area contributed by atoms with Gasteiger partial charge in [0.1, 0.15) is 0 Å². The van der Waals surface area contributed by atoms with Gasteiger partial charge in [-0.25, -0.2) is 0 Å². The van der Waals surface area contributed by atoms with Gasteiger partial charge in [0.2, 0.25) is 0 Å². The summed E-state index contributed by atoms with van der Waals surface area (Å²) in [4.78, 5) is 0. The van der Waals surface area contributed by atoms with Crippen LogP contribution in [-0.2, 0) is 5.41 Å². The maximum Gasteiger partial charge on any atom is 0.0608 e. The molecule has 0 heterocycles. The highest BCUT2D eigenvalue weighted by atomic mass is 16.3. The SMILES string of the molecule is CC(N)(CO)CC(C)(C)c1ccccc1. The highest BCUT2D eigenvalue weighted by Gasteiger charge is 2.29. The number of rotatable bonds is 4. The molecule has 0 aromatic heterocycles. The Morgan fingerprint density at radius 1 is 1.13 bits per heavy atom. The van der Waals surface area contributed by atoms with E-state index in [0.717, 1.165) is 6.42 Å². The van der Waals surface area contributed by atoms with Crippen molar-refractivity contribution in [2.75, 3.05) is 6.61 Å². The Bertz CT molecular complexity index is 304. The molecule has 0 aliphatic rings. The second-order valence-corrected chi connectivity index (χ2v) is 5.24. The summed E-state index contributed by atoms with van der Waals surface area (Å²) < 4.78 is 0. The number of benzene rings is 1. The van der Waals surface area contributed by atoms with E-state index < -0.39 is 5.54 Å². The Labute approximate surface area is 92.1 Å². The summed E-state index contributed by atoms with van der Waals surface area (Å²) in [6, 6.07) is 10.3. The highest BCUT2D eigenvalue weighted by Crippen LogP contribution is 2.30. The van der Waals surface area contributed by atoms with Crippen LogP contribution in [0, 0.1) is 0 Å². The molecule has 2 heteroatoms. The molecule has 1 unspecified atom stereocenters. The summed E-state index contributed by atoms with van der Waals surface area (Å²) in [5.74, 6) is 0. The molecular formula is C13H21NO. The van der Waals surface area contributed by atoms with Gasteiger partial charge in [0, 0.05) is 5.54 Å². The second kappa shape index (κ2) is 4.33. The van der Waals surface area contributed by atoms with Crippen molar-refractivity contribution in [3.05, 3.63) is 35.9 Å². The highest BCUT2D eigenvalue weighted by molar-refractivity contribution is 5.24. The summed E-state index contributed by atoms with van der Waals surface area (Å²) in [6.45, 7) is 6.22. The van der Waals surface area contributed by atoms with E-state index in [1.807, 2.05) is 25.1 Å². The molecule has 0 fully saturated rings. The molecule has 2 nitrogen and oxygen atoms in total. The molecule has 84 valence electrons. The molecule has 1 atom stereocenters. The Balaban J connectivity index is 2.85. The van der Waals surface area contributed by atoms with E-state index in [4.69, 9.17) is 5.73 Å². The zero-order valence-electron chi connectivity index (χ0n) is 9.83. The molecule has 0 aliphatic heterocycles. The molecule has 1 rings (SSSR count). The Morgan fingerprint density at radius 2 is 1.67 bits per heavy atom. The van der Waals surface area contributed by atoms with Crippen molar-refractivity contribution < 1.29 is 5.11 Å². The van der Waals surface area contributed by atoms with Gasteiger partial charge in [0.15, 0.2) is 0 Å². The van der Waals surface area contributed by atoms with Crippen molar-refractivity contribution in [3.63, 3.8) is 0 Å². The molecule has 15 heavy (non-hydrogen) atoms. The first-order valence-corrected chi connectivity index (χ1v) is 5.33. The first-order valence-electron chi connectivity index (χ1n) is 5.33. The molecule has 0 saturated heterocycles.